The summed E-state index contributed by atoms with van der Waals surface area (Å²) in [4.78, 5) is 4.03. The first kappa shape index (κ1) is 16.4. The zero-order chi connectivity index (χ0) is 17.4. The van der Waals surface area contributed by atoms with Crippen LogP contribution in [0, 0.1) is 20.8 Å². The molecule has 4 rings (SSSR count). The molecule has 0 N–H and O–H groups in total. The fraction of sp³-hybridized carbons (Fsp3) is 0.130. The second-order valence-corrected chi connectivity index (χ2v) is 8.68. The first-order chi connectivity index (χ1) is 12.1. The molecule has 0 nitrogen and oxygen atoms in total. The molecular formula is C23H20S2. The van der Waals surface area contributed by atoms with E-state index in [9.17, 15) is 0 Å². The molecule has 0 saturated heterocycles. The Morgan fingerprint density at radius 3 is 1.96 bits per heavy atom. The molecular weight excluding hydrogens is 340 g/mol. The Balaban J connectivity index is 1.88. The summed E-state index contributed by atoms with van der Waals surface area (Å²) in [5.41, 5.74) is 5.22. The Morgan fingerprint density at radius 1 is 0.680 bits per heavy atom. The van der Waals surface area contributed by atoms with E-state index in [0.717, 1.165) is 0 Å². The Morgan fingerprint density at radius 2 is 1.28 bits per heavy atom. The summed E-state index contributed by atoms with van der Waals surface area (Å²) in [5.74, 6) is 0. The van der Waals surface area contributed by atoms with E-state index >= 15 is 0 Å². The lowest BCUT2D eigenvalue weighted by Gasteiger charge is -2.06. The van der Waals surface area contributed by atoms with Gasteiger partial charge >= 0.3 is 0 Å². The monoisotopic (exact) mass is 360 g/mol. The fourth-order valence-corrected chi connectivity index (χ4v) is 5.42. The molecule has 25 heavy (non-hydrogen) atoms. The maximum Gasteiger partial charge on any atom is 0.0494 e. The minimum atomic E-state index is 1.29. The minimum absolute atomic E-state index is 1.29. The highest BCUT2D eigenvalue weighted by atomic mass is 32.2. The van der Waals surface area contributed by atoms with E-state index < -0.39 is 0 Å². The lowest BCUT2D eigenvalue weighted by atomic mass is 10.1. The van der Waals surface area contributed by atoms with Crippen LogP contribution < -0.4 is 0 Å². The molecule has 0 unspecified atom stereocenters. The van der Waals surface area contributed by atoms with Crippen molar-refractivity contribution in [1.82, 2.24) is 0 Å². The average Bonchev–Trinajstić information content (AvgIpc) is 2.95. The van der Waals surface area contributed by atoms with Crippen molar-refractivity contribution in [2.45, 2.75) is 30.6 Å². The van der Waals surface area contributed by atoms with Gasteiger partial charge in [-0.15, -0.1) is 11.3 Å². The highest BCUT2D eigenvalue weighted by Gasteiger charge is 2.15. The molecule has 0 atom stereocenters. The Bertz CT molecular complexity index is 1020. The van der Waals surface area contributed by atoms with E-state index in [2.05, 4.69) is 87.5 Å². The molecule has 0 radical (unpaired) electrons. The largest absolute Gasteiger partial charge is 0.134 e. The van der Waals surface area contributed by atoms with Gasteiger partial charge in [-0.1, -0.05) is 71.4 Å². The normalized spacial score (nSPS) is 11.2. The second-order valence-electron chi connectivity index (χ2n) is 6.54. The summed E-state index contributed by atoms with van der Waals surface area (Å²) in [7, 11) is 0. The molecule has 0 saturated carbocycles. The van der Waals surface area contributed by atoms with Crippen molar-refractivity contribution in [2.75, 3.05) is 0 Å². The van der Waals surface area contributed by atoms with E-state index in [-0.39, 0.29) is 0 Å². The minimum Gasteiger partial charge on any atom is -0.134 e. The number of fused-ring (bicyclic) bond motifs is 1. The molecule has 4 aromatic rings. The van der Waals surface area contributed by atoms with Crippen molar-refractivity contribution in [3.05, 3.63) is 83.4 Å². The number of hydrogen-bond donors (Lipinski definition) is 0. The summed E-state index contributed by atoms with van der Waals surface area (Å²) in [6.45, 7) is 6.44. The summed E-state index contributed by atoms with van der Waals surface area (Å²) in [6, 6.07) is 24.5. The van der Waals surface area contributed by atoms with Gasteiger partial charge in [-0.05, 0) is 50.1 Å². The molecule has 0 fully saturated rings. The highest BCUT2D eigenvalue weighted by molar-refractivity contribution is 8.00. The van der Waals surface area contributed by atoms with Crippen molar-refractivity contribution in [2.24, 2.45) is 0 Å². The Kier molecular flexibility index (Phi) is 4.41. The lowest BCUT2D eigenvalue weighted by Crippen LogP contribution is -1.79. The van der Waals surface area contributed by atoms with E-state index in [1.807, 2.05) is 23.1 Å². The van der Waals surface area contributed by atoms with Crippen LogP contribution in [-0.4, -0.2) is 0 Å². The summed E-state index contributed by atoms with van der Waals surface area (Å²) < 4.78 is 1.37. The van der Waals surface area contributed by atoms with Crippen molar-refractivity contribution in [3.8, 4) is 10.4 Å². The van der Waals surface area contributed by atoms with Crippen LogP contribution in [0.1, 0.15) is 16.7 Å². The Labute approximate surface area is 157 Å². The number of rotatable bonds is 3. The van der Waals surface area contributed by atoms with E-state index in [4.69, 9.17) is 0 Å². The molecule has 3 aromatic carbocycles. The summed E-state index contributed by atoms with van der Waals surface area (Å²) in [5, 5.41) is 1.36. The maximum absolute atomic E-state index is 2.30. The molecule has 0 aliphatic rings. The molecule has 0 aliphatic heterocycles. The number of thiophene rings is 1. The van der Waals surface area contributed by atoms with Crippen LogP contribution in [0.25, 0.3) is 20.5 Å². The van der Waals surface area contributed by atoms with Crippen LogP contribution in [-0.2, 0) is 0 Å². The van der Waals surface area contributed by atoms with Gasteiger partial charge in [0.25, 0.3) is 0 Å². The topological polar surface area (TPSA) is 0 Å². The van der Waals surface area contributed by atoms with Gasteiger partial charge in [0.2, 0.25) is 0 Å². The molecule has 0 amide bonds. The zero-order valence-corrected chi connectivity index (χ0v) is 16.3. The highest BCUT2D eigenvalue weighted by Crippen LogP contribution is 2.46. The van der Waals surface area contributed by atoms with Crippen molar-refractivity contribution in [3.63, 3.8) is 0 Å². The second kappa shape index (κ2) is 6.70. The van der Waals surface area contributed by atoms with Crippen LogP contribution in [0.15, 0.2) is 76.5 Å². The van der Waals surface area contributed by atoms with Gasteiger partial charge in [0.15, 0.2) is 0 Å². The SMILES string of the molecule is Cc1ccc(Sc2c(-c3ccc(C)cc3)sc3cc(C)ccc23)cc1. The van der Waals surface area contributed by atoms with Crippen molar-refractivity contribution < 1.29 is 0 Å². The third-order valence-electron chi connectivity index (χ3n) is 4.35. The standard InChI is InChI=1S/C23H20S2/c1-15-4-9-18(10-5-15)22-23(24-19-11-6-16(2)7-12-19)20-13-8-17(3)14-21(20)25-22/h4-14H,1-3H3. The molecule has 0 aliphatic carbocycles. The van der Waals surface area contributed by atoms with Crippen LogP contribution >= 0.6 is 23.1 Å². The van der Waals surface area contributed by atoms with E-state index in [1.54, 1.807) is 0 Å². The van der Waals surface area contributed by atoms with Gasteiger partial charge in [-0.25, -0.2) is 0 Å². The first-order valence-electron chi connectivity index (χ1n) is 8.45. The van der Waals surface area contributed by atoms with E-state index in [0.29, 0.717) is 0 Å². The maximum atomic E-state index is 2.30. The molecule has 1 aromatic heterocycles. The smallest absolute Gasteiger partial charge is 0.0494 e. The van der Waals surface area contributed by atoms with Crippen molar-refractivity contribution in [1.29, 1.82) is 0 Å². The van der Waals surface area contributed by atoms with Crippen LogP contribution in [0.2, 0.25) is 0 Å². The molecule has 124 valence electrons. The van der Waals surface area contributed by atoms with Gasteiger partial charge in [-0.3, -0.25) is 0 Å². The molecule has 2 heteroatoms. The van der Waals surface area contributed by atoms with E-state index in [1.165, 1.54) is 47.0 Å². The summed E-state index contributed by atoms with van der Waals surface area (Å²) >= 11 is 3.77. The van der Waals surface area contributed by atoms with Crippen LogP contribution in [0.5, 0.6) is 0 Å². The Hall–Kier alpha value is -2.03. The molecule has 0 spiro atoms. The lowest BCUT2D eigenvalue weighted by molar-refractivity contribution is 1.37. The summed E-state index contributed by atoms with van der Waals surface area (Å²) in [6.07, 6.45) is 0. The zero-order valence-electron chi connectivity index (χ0n) is 14.7. The van der Waals surface area contributed by atoms with Crippen molar-refractivity contribution >= 4 is 33.2 Å². The average molecular weight is 361 g/mol. The van der Waals surface area contributed by atoms with Crippen LogP contribution in [0.4, 0.5) is 0 Å². The quantitative estimate of drug-likeness (QED) is 0.361. The first-order valence-corrected chi connectivity index (χ1v) is 10.1. The fourth-order valence-electron chi connectivity index (χ4n) is 2.90. The number of hydrogen-bond acceptors (Lipinski definition) is 2. The third-order valence-corrected chi connectivity index (χ3v) is 6.82. The predicted octanol–water partition coefficient (Wildman–Crippen LogP) is 7.64. The molecule has 0 bridgehead atoms. The van der Waals surface area contributed by atoms with Gasteiger partial charge in [0.05, 0.1) is 0 Å². The van der Waals surface area contributed by atoms with Gasteiger partial charge < -0.3 is 0 Å². The van der Waals surface area contributed by atoms with Gasteiger partial charge in [0.1, 0.15) is 0 Å². The van der Waals surface area contributed by atoms with Gasteiger partial charge in [0, 0.05) is 24.8 Å². The number of aryl methyl sites for hydroxylation is 3. The number of benzene rings is 3. The van der Waals surface area contributed by atoms with Crippen LogP contribution in [0.3, 0.4) is 0 Å². The molecule has 1 heterocycles. The predicted molar refractivity (Wildman–Crippen MR) is 112 cm³/mol. The third kappa shape index (κ3) is 3.37. The van der Waals surface area contributed by atoms with Gasteiger partial charge in [-0.2, -0.15) is 0 Å².